The van der Waals surface area contributed by atoms with Crippen molar-refractivity contribution in [1.82, 2.24) is 52.8 Å². The van der Waals surface area contributed by atoms with Gasteiger partial charge in [-0.05, 0) is 161 Å². The van der Waals surface area contributed by atoms with Gasteiger partial charge in [-0.25, -0.2) is 4.79 Å². The van der Waals surface area contributed by atoms with Gasteiger partial charge in [0.15, 0.2) is 29.8 Å². The fourth-order valence-corrected chi connectivity index (χ4v) is 10.6. The summed E-state index contributed by atoms with van der Waals surface area (Å²) in [7, 11) is 0. The summed E-state index contributed by atoms with van der Waals surface area (Å²) < 4.78 is 0. The summed E-state index contributed by atoms with van der Waals surface area (Å²) in [5, 5.41) is 43.6. The van der Waals surface area contributed by atoms with Crippen LogP contribution in [0.4, 0.5) is 0 Å². The number of likely N-dealkylation sites (tertiary alicyclic amines) is 1. The molecule has 0 unspecified atom stereocenters. The van der Waals surface area contributed by atoms with E-state index in [-0.39, 0.29) is 178 Å². The lowest BCUT2D eigenvalue weighted by atomic mass is 10.0. The van der Waals surface area contributed by atoms with Crippen LogP contribution >= 0.6 is 11.8 Å². The zero-order chi connectivity index (χ0) is 76.1. The number of carbonyl (C=O) groups excluding carboxylic acids is 10. The van der Waals surface area contributed by atoms with Crippen LogP contribution in [0.3, 0.4) is 0 Å². The summed E-state index contributed by atoms with van der Waals surface area (Å²) in [6, 6.07) is -15.0. The van der Waals surface area contributed by atoms with E-state index < -0.39 is 138 Å². The molecule has 12 atom stereocenters. The first-order chi connectivity index (χ1) is 47.8. The van der Waals surface area contributed by atoms with E-state index in [1.54, 1.807) is 6.26 Å². The van der Waals surface area contributed by atoms with Crippen LogP contribution in [0, 0.1) is 0 Å². The highest BCUT2D eigenvalue weighted by atomic mass is 32.2. The maximum Gasteiger partial charge on any atom is 0.326 e. The summed E-state index contributed by atoms with van der Waals surface area (Å²) >= 11 is 1.36. The number of guanidine groups is 5. The fourth-order valence-electron chi connectivity index (χ4n) is 10.2. The van der Waals surface area contributed by atoms with Gasteiger partial charge in [-0.2, -0.15) is 11.8 Å². The Morgan fingerprint density at radius 1 is 0.426 bits per heavy atom. The van der Waals surface area contributed by atoms with Crippen molar-refractivity contribution in [3.8, 4) is 0 Å². The highest BCUT2D eigenvalue weighted by Crippen LogP contribution is 2.20. The van der Waals surface area contributed by atoms with Crippen molar-refractivity contribution < 1.29 is 63.0 Å². The number of aliphatic imine (C=N–C) groups is 5. The molecule has 574 valence electrons. The second-order valence-electron chi connectivity index (χ2n) is 24.1. The lowest BCUT2D eigenvalue weighted by molar-refractivity contribution is -0.142. The predicted molar refractivity (Wildman–Crippen MR) is 383 cm³/mol. The van der Waals surface area contributed by atoms with E-state index in [0.29, 0.717) is 31.4 Å². The molecular weight excluding hydrogens is 1340 g/mol. The second-order valence-corrected chi connectivity index (χ2v) is 25.1. The first-order valence-electron chi connectivity index (χ1n) is 33.6. The number of thioether (sulfide) groups is 1. The van der Waals surface area contributed by atoms with Crippen molar-refractivity contribution in [3.05, 3.63) is 0 Å². The van der Waals surface area contributed by atoms with Crippen LogP contribution in [0.1, 0.15) is 136 Å². The van der Waals surface area contributed by atoms with Crippen LogP contribution in [0.2, 0.25) is 0 Å². The number of carboxylic acid groups (broad SMARTS) is 1. The highest BCUT2D eigenvalue weighted by Gasteiger charge is 2.40. The number of nitrogens with zero attached hydrogens (tertiary/aromatic N) is 6. The maximum atomic E-state index is 14.7. The van der Waals surface area contributed by atoms with Gasteiger partial charge in [0.25, 0.3) is 0 Å². The number of amides is 10. The Hall–Kier alpha value is -9.29. The van der Waals surface area contributed by atoms with E-state index in [1.807, 2.05) is 0 Å². The average Bonchev–Trinajstić information content (AvgIpc) is 1.75. The number of aliphatic carboxylic acids is 1. The Morgan fingerprint density at radius 2 is 0.713 bits per heavy atom. The molecule has 1 aliphatic rings. The molecule has 1 aliphatic heterocycles. The summed E-state index contributed by atoms with van der Waals surface area (Å²) in [6.45, 7) is 3.15. The van der Waals surface area contributed by atoms with E-state index in [1.165, 1.54) is 30.5 Å². The third-order valence-corrected chi connectivity index (χ3v) is 16.3. The molecule has 37 N–H and O–H groups in total. The van der Waals surface area contributed by atoms with Crippen molar-refractivity contribution in [1.29, 1.82) is 0 Å². The zero-order valence-corrected chi connectivity index (χ0v) is 59.0. The molecule has 1 saturated heterocycles. The number of unbranched alkanes of at least 4 members (excludes halogenated alkanes) is 2. The SMILES string of the molecule is CSCC[C@H](NC(=O)[C@H](CCCN=C(N)N)NC(=O)[C@H](CCCCN)NC(=O)[C@H](CCCCN)NC(=O)[C@H](CCCN=C(N)N)NC(=O)[C@H](CCCN=C(N)N)NC(=O)[C@H](CCCN=C(N)N)NC(=O)[C@H](C)NC(=O)[C@H](CCCN=C(N)N)NC(=O)[C@@H]1CCCN1C(=O)[C@@H](N)[C@@H](C)O)C(=O)O. The first kappa shape index (κ1) is 89.7. The summed E-state index contributed by atoms with van der Waals surface area (Å²) in [5.74, 6) is -10.7. The Morgan fingerprint density at radius 3 is 1.00 bits per heavy atom. The highest BCUT2D eigenvalue weighted by molar-refractivity contribution is 7.98. The third kappa shape index (κ3) is 37.6. The molecule has 0 aliphatic carbocycles. The van der Waals surface area contributed by atoms with Crippen LogP contribution in [0.25, 0.3) is 0 Å². The van der Waals surface area contributed by atoms with Crippen molar-refractivity contribution in [2.24, 2.45) is 99.5 Å². The van der Waals surface area contributed by atoms with Gasteiger partial charge in [-0.15, -0.1) is 0 Å². The fraction of sp³-hybridized carbons (Fsp3) is 0.729. The predicted octanol–water partition coefficient (Wildman–Crippen LogP) is -9.57. The van der Waals surface area contributed by atoms with Gasteiger partial charge >= 0.3 is 5.97 Å². The van der Waals surface area contributed by atoms with Crippen LogP contribution in [-0.2, 0) is 52.7 Å². The number of nitrogens with two attached hydrogens (primary N) is 13. The van der Waals surface area contributed by atoms with E-state index in [9.17, 15) is 63.0 Å². The van der Waals surface area contributed by atoms with Crippen molar-refractivity contribution >= 4 is 107 Å². The molecule has 41 nitrogen and oxygen atoms in total. The Labute approximate surface area is 592 Å². The van der Waals surface area contributed by atoms with Crippen LogP contribution < -0.4 is 122 Å². The molecule has 10 amide bonds. The molecule has 0 saturated carbocycles. The van der Waals surface area contributed by atoms with Crippen LogP contribution in [-0.4, -0.2) is 247 Å². The van der Waals surface area contributed by atoms with Crippen LogP contribution in [0.5, 0.6) is 0 Å². The lowest BCUT2D eigenvalue weighted by Gasteiger charge is -2.29. The summed E-state index contributed by atoms with van der Waals surface area (Å²) in [6.07, 6.45) is 2.36. The smallest absolute Gasteiger partial charge is 0.326 e. The molecule has 0 radical (unpaired) electrons. The number of carboxylic acids is 1. The minimum atomic E-state index is -1.52. The maximum absolute atomic E-state index is 14.7. The molecule has 0 spiro atoms. The summed E-state index contributed by atoms with van der Waals surface area (Å²) in [5.41, 5.74) is 73.1. The van der Waals surface area contributed by atoms with Gasteiger partial charge in [0, 0.05) is 39.3 Å². The minimum absolute atomic E-state index is 0.0112. The second kappa shape index (κ2) is 50.1. The van der Waals surface area contributed by atoms with Gasteiger partial charge in [0.2, 0.25) is 59.1 Å². The molecule has 0 aromatic heterocycles. The monoisotopic (exact) mass is 1450 g/mol. The van der Waals surface area contributed by atoms with Gasteiger partial charge in [-0.3, -0.25) is 72.9 Å². The van der Waals surface area contributed by atoms with Crippen molar-refractivity contribution in [2.45, 2.75) is 208 Å². The number of rotatable bonds is 52. The van der Waals surface area contributed by atoms with Crippen molar-refractivity contribution in [3.63, 3.8) is 0 Å². The van der Waals surface area contributed by atoms with E-state index in [2.05, 4.69) is 72.8 Å². The standard InChI is InChI=1S/C59H114N28O13S/c1-32(78-45(90)36(16-8-25-73-55(63)64)85-52(97)42-21-13-30-87(42)53(98)43(62)33(2)88)44(89)79-37(17-9-26-74-56(65)66)48(93)82-39(19-11-28-76-58(69)70)50(95)83-38(18-10-27-75-57(67)68)49(94)81-34(14-4-6-23-60)46(91)80-35(15-5-7-24-61)47(92)84-40(20-12-29-77-59(71)72)51(96)86-41(54(99)100)22-31-101-3/h32-43,88H,4-31,60-62H2,1-3H3,(H,78,90)(H,79,89)(H,80,91)(H,81,94)(H,82,93)(H,83,95)(H,84,92)(H,85,97)(H,86,96)(H,99,100)(H4,63,64,73)(H4,65,66,74)(H4,67,68,75)(H4,69,70,76)(H4,71,72,77)/t32-,33+,34-,35-,36-,37-,38-,39-,40-,41-,42-,43-/m0/s1. The number of hydrogen-bond donors (Lipinski definition) is 24. The number of hydrogen-bond acceptors (Lipinski definition) is 21. The Bertz CT molecular complexity index is 2800. The minimum Gasteiger partial charge on any atom is -0.480 e. The quantitative estimate of drug-likeness (QED) is 0.0153. The molecule has 1 heterocycles. The van der Waals surface area contributed by atoms with Gasteiger partial charge in [0.1, 0.15) is 66.5 Å². The van der Waals surface area contributed by atoms with E-state index in [4.69, 9.17) is 74.5 Å². The number of aliphatic hydroxyl groups excluding tert-OH is 1. The lowest BCUT2D eigenvalue weighted by Crippen LogP contribution is -2.60. The number of carbonyl (C=O) groups is 11. The van der Waals surface area contributed by atoms with Gasteiger partial charge in [-0.1, -0.05) is 0 Å². The molecule has 0 bridgehead atoms. The molecule has 0 aromatic carbocycles. The molecule has 101 heavy (non-hydrogen) atoms. The summed E-state index contributed by atoms with van der Waals surface area (Å²) in [4.78, 5) is 175. The molecular formula is C59H114N28O13S. The Balaban J connectivity index is 3.82. The van der Waals surface area contributed by atoms with Gasteiger partial charge in [0.05, 0.1) is 6.10 Å². The largest absolute Gasteiger partial charge is 0.480 e. The molecule has 1 fully saturated rings. The molecule has 0 aromatic rings. The van der Waals surface area contributed by atoms with Gasteiger partial charge < -0.3 is 138 Å². The van der Waals surface area contributed by atoms with Crippen molar-refractivity contribution in [2.75, 3.05) is 64.4 Å². The number of nitrogens with one attached hydrogen (secondary N) is 9. The zero-order valence-electron chi connectivity index (χ0n) is 58.2. The average molecular weight is 1460 g/mol. The van der Waals surface area contributed by atoms with E-state index in [0.717, 1.165) is 0 Å². The first-order valence-corrected chi connectivity index (χ1v) is 35.0. The Kier molecular flexibility index (Phi) is 44.5. The topological polar surface area (TPSA) is 740 Å². The number of aliphatic hydroxyl groups is 1. The molecule has 42 heteroatoms. The van der Waals surface area contributed by atoms with Crippen LogP contribution in [0.15, 0.2) is 25.0 Å². The van der Waals surface area contributed by atoms with E-state index >= 15 is 0 Å². The third-order valence-electron chi connectivity index (χ3n) is 15.7. The molecule has 1 rings (SSSR count). The normalized spacial score (nSPS) is 15.7.